The lowest BCUT2D eigenvalue weighted by Gasteiger charge is -2.31. The first kappa shape index (κ1) is 11.0. The average molecular weight is 200 g/mol. The van der Waals surface area contributed by atoms with E-state index in [0.717, 1.165) is 13.1 Å². The van der Waals surface area contributed by atoms with Crippen molar-refractivity contribution < 1.29 is 14.3 Å². The third-order valence-electron chi connectivity index (χ3n) is 2.18. The zero-order chi connectivity index (χ0) is 10.6. The molecule has 1 aliphatic rings. The predicted octanol–water partition coefficient (Wildman–Crippen LogP) is -0.676. The van der Waals surface area contributed by atoms with Gasteiger partial charge in [0.1, 0.15) is 6.61 Å². The van der Waals surface area contributed by atoms with E-state index in [9.17, 15) is 9.59 Å². The Kier molecular flexibility index (Phi) is 3.88. The van der Waals surface area contributed by atoms with Crippen LogP contribution in [0.1, 0.15) is 6.92 Å². The Labute approximate surface area is 83.6 Å². The second kappa shape index (κ2) is 4.95. The molecule has 1 saturated heterocycles. The van der Waals surface area contributed by atoms with Crippen molar-refractivity contribution in [3.8, 4) is 0 Å². The van der Waals surface area contributed by atoms with Crippen LogP contribution in [0.15, 0.2) is 0 Å². The maximum atomic E-state index is 11.4. The summed E-state index contributed by atoms with van der Waals surface area (Å²) in [5.41, 5.74) is 0. The summed E-state index contributed by atoms with van der Waals surface area (Å²) in [4.78, 5) is 25.6. The summed E-state index contributed by atoms with van der Waals surface area (Å²) >= 11 is 0. The van der Waals surface area contributed by atoms with Gasteiger partial charge in [0, 0.05) is 20.0 Å². The van der Waals surface area contributed by atoms with Crippen molar-refractivity contribution in [2.45, 2.75) is 6.92 Å². The van der Waals surface area contributed by atoms with Gasteiger partial charge in [0.2, 0.25) is 5.91 Å². The molecule has 0 aromatic carbocycles. The van der Waals surface area contributed by atoms with Crippen molar-refractivity contribution in [3.05, 3.63) is 0 Å². The summed E-state index contributed by atoms with van der Waals surface area (Å²) in [6, 6.07) is 0. The maximum Gasteiger partial charge on any atom is 0.302 e. The normalized spacial score (nSPS) is 18.4. The standard InChI is InChI=1S/C9H16N2O3/c1-8(12)14-6-5-11-4-3-10(2)7-9(11)13/h3-7H2,1-2H3. The molecule has 0 radical (unpaired) electrons. The molecule has 0 atom stereocenters. The highest BCUT2D eigenvalue weighted by molar-refractivity contribution is 5.79. The smallest absolute Gasteiger partial charge is 0.302 e. The van der Waals surface area contributed by atoms with Gasteiger partial charge in [-0.3, -0.25) is 14.5 Å². The number of carbonyl (C=O) groups is 2. The summed E-state index contributed by atoms with van der Waals surface area (Å²) in [6.07, 6.45) is 0. The molecular formula is C9H16N2O3. The van der Waals surface area contributed by atoms with E-state index in [4.69, 9.17) is 4.74 Å². The average Bonchev–Trinajstić information content (AvgIpc) is 2.08. The highest BCUT2D eigenvalue weighted by Gasteiger charge is 2.20. The zero-order valence-corrected chi connectivity index (χ0v) is 8.65. The molecule has 0 aromatic heterocycles. The molecule has 5 nitrogen and oxygen atoms in total. The Morgan fingerprint density at radius 1 is 1.50 bits per heavy atom. The van der Waals surface area contributed by atoms with Gasteiger partial charge in [-0.1, -0.05) is 0 Å². The molecule has 1 fully saturated rings. The fourth-order valence-electron chi connectivity index (χ4n) is 1.36. The molecular weight excluding hydrogens is 184 g/mol. The summed E-state index contributed by atoms with van der Waals surface area (Å²) in [6.45, 7) is 4.23. The van der Waals surface area contributed by atoms with Crippen molar-refractivity contribution in [1.82, 2.24) is 9.80 Å². The third kappa shape index (κ3) is 3.33. The number of likely N-dealkylation sites (N-methyl/N-ethyl adjacent to an activating group) is 1. The van der Waals surface area contributed by atoms with E-state index in [1.807, 2.05) is 11.9 Å². The van der Waals surface area contributed by atoms with Crippen molar-refractivity contribution in [2.75, 3.05) is 39.8 Å². The van der Waals surface area contributed by atoms with E-state index in [1.165, 1.54) is 6.92 Å². The number of esters is 1. The van der Waals surface area contributed by atoms with Crippen LogP contribution in [0.25, 0.3) is 0 Å². The zero-order valence-electron chi connectivity index (χ0n) is 8.65. The van der Waals surface area contributed by atoms with Crippen molar-refractivity contribution >= 4 is 11.9 Å². The van der Waals surface area contributed by atoms with E-state index in [0.29, 0.717) is 19.7 Å². The molecule has 1 rings (SSSR count). The van der Waals surface area contributed by atoms with Crippen molar-refractivity contribution in [1.29, 1.82) is 0 Å². The van der Waals surface area contributed by atoms with Crippen LogP contribution >= 0.6 is 0 Å². The van der Waals surface area contributed by atoms with Crippen LogP contribution in [-0.4, -0.2) is 61.5 Å². The topological polar surface area (TPSA) is 49.9 Å². The Hall–Kier alpha value is -1.10. The molecule has 0 N–H and O–H groups in total. The van der Waals surface area contributed by atoms with E-state index in [1.54, 1.807) is 4.90 Å². The molecule has 0 unspecified atom stereocenters. The van der Waals surface area contributed by atoms with Crippen molar-refractivity contribution in [3.63, 3.8) is 0 Å². The number of amides is 1. The Morgan fingerprint density at radius 3 is 2.79 bits per heavy atom. The second-order valence-corrected chi connectivity index (χ2v) is 3.46. The number of ether oxygens (including phenoxy) is 1. The minimum absolute atomic E-state index is 0.103. The number of hydrogen-bond donors (Lipinski definition) is 0. The number of carbonyl (C=O) groups excluding carboxylic acids is 2. The molecule has 0 bridgehead atoms. The summed E-state index contributed by atoms with van der Waals surface area (Å²) < 4.78 is 4.77. The molecule has 0 aliphatic carbocycles. The molecule has 1 aliphatic heterocycles. The minimum Gasteiger partial charge on any atom is -0.464 e. The lowest BCUT2D eigenvalue weighted by atomic mass is 10.3. The number of hydrogen-bond acceptors (Lipinski definition) is 4. The molecule has 0 spiro atoms. The van der Waals surface area contributed by atoms with Gasteiger partial charge >= 0.3 is 5.97 Å². The quantitative estimate of drug-likeness (QED) is 0.567. The SMILES string of the molecule is CC(=O)OCCN1CCN(C)CC1=O. The predicted molar refractivity (Wildman–Crippen MR) is 50.7 cm³/mol. The van der Waals surface area contributed by atoms with Gasteiger partial charge in [0.05, 0.1) is 13.1 Å². The van der Waals surface area contributed by atoms with Crippen molar-refractivity contribution in [2.24, 2.45) is 0 Å². The van der Waals surface area contributed by atoms with E-state index in [2.05, 4.69) is 0 Å². The van der Waals surface area contributed by atoms with Crippen LogP contribution in [0, 0.1) is 0 Å². The van der Waals surface area contributed by atoms with E-state index >= 15 is 0 Å². The summed E-state index contributed by atoms with van der Waals surface area (Å²) in [7, 11) is 1.92. The summed E-state index contributed by atoms with van der Waals surface area (Å²) in [5.74, 6) is -0.197. The lowest BCUT2D eigenvalue weighted by molar-refractivity contribution is -0.144. The fraction of sp³-hybridized carbons (Fsp3) is 0.778. The third-order valence-corrected chi connectivity index (χ3v) is 2.18. The second-order valence-electron chi connectivity index (χ2n) is 3.46. The van der Waals surface area contributed by atoms with Crippen LogP contribution in [-0.2, 0) is 14.3 Å². The molecule has 1 heterocycles. The molecule has 14 heavy (non-hydrogen) atoms. The van der Waals surface area contributed by atoms with Crippen LogP contribution in [0.4, 0.5) is 0 Å². The van der Waals surface area contributed by atoms with Crippen LogP contribution in [0.5, 0.6) is 0 Å². The van der Waals surface area contributed by atoms with E-state index < -0.39 is 0 Å². The monoisotopic (exact) mass is 200 g/mol. The number of nitrogens with zero attached hydrogens (tertiary/aromatic N) is 2. The molecule has 5 heteroatoms. The van der Waals surface area contributed by atoms with Gasteiger partial charge in [-0.15, -0.1) is 0 Å². The Morgan fingerprint density at radius 2 is 2.21 bits per heavy atom. The van der Waals surface area contributed by atoms with Gasteiger partial charge < -0.3 is 9.64 Å². The fourth-order valence-corrected chi connectivity index (χ4v) is 1.36. The lowest BCUT2D eigenvalue weighted by Crippen LogP contribution is -2.49. The first-order chi connectivity index (χ1) is 6.59. The van der Waals surface area contributed by atoms with Crippen LogP contribution in [0.3, 0.4) is 0 Å². The van der Waals surface area contributed by atoms with Crippen LogP contribution in [0.2, 0.25) is 0 Å². The van der Waals surface area contributed by atoms with Gasteiger partial charge in [-0.05, 0) is 7.05 Å². The molecule has 0 aromatic rings. The molecule has 1 amide bonds. The van der Waals surface area contributed by atoms with Gasteiger partial charge in [0.15, 0.2) is 0 Å². The van der Waals surface area contributed by atoms with Crippen LogP contribution < -0.4 is 0 Å². The van der Waals surface area contributed by atoms with E-state index in [-0.39, 0.29) is 11.9 Å². The van der Waals surface area contributed by atoms with Gasteiger partial charge in [-0.2, -0.15) is 0 Å². The first-order valence-corrected chi connectivity index (χ1v) is 4.69. The number of piperazine rings is 1. The Bertz CT molecular complexity index is 230. The highest BCUT2D eigenvalue weighted by Crippen LogP contribution is 2.00. The molecule has 80 valence electrons. The Balaban J connectivity index is 2.24. The van der Waals surface area contributed by atoms with Gasteiger partial charge in [0.25, 0.3) is 0 Å². The number of rotatable bonds is 3. The highest BCUT2D eigenvalue weighted by atomic mass is 16.5. The first-order valence-electron chi connectivity index (χ1n) is 4.69. The largest absolute Gasteiger partial charge is 0.464 e. The maximum absolute atomic E-state index is 11.4. The molecule has 0 saturated carbocycles. The summed E-state index contributed by atoms with van der Waals surface area (Å²) in [5, 5.41) is 0. The van der Waals surface area contributed by atoms with Gasteiger partial charge in [-0.25, -0.2) is 0 Å². The minimum atomic E-state index is -0.299.